The molecule has 1 heterocycles. The Morgan fingerprint density at radius 2 is 1.84 bits per heavy atom. The second-order valence-corrected chi connectivity index (χ2v) is 6.89. The molecule has 1 aromatic rings. The Labute approximate surface area is 128 Å². The predicted octanol–water partition coefficient (Wildman–Crippen LogP) is 5.15. The second-order valence-electron chi connectivity index (χ2n) is 4.73. The zero-order valence-corrected chi connectivity index (χ0v) is 13.9. The summed E-state index contributed by atoms with van der Waals surface area (Å²) < 4.78 is 6.13. The molecule has 0 saturated heterocycles. The number of halogens is 1. The molecule has 0 N–H and O–H groups in total. The summed E-state index contributed by atoms with van der Waals surface area (Å²) in [5.74, 6) is -0.170. The number of hydrogen-bond acceptors (Lipinski definition) is 3. The number of unbranched alkanes of at least 4 members (excludes halogenated alkanes) is 6. The third kappa shape index (κ3) is 8.43. The van der Waals surface area contributed by atoms with Crippen molar-refractivity contribution in [1.29, 1.82) is 0 Å². The van der Waals surface area contributed by atoms with E-state index < -0.39 is 0 Å². The number of ether oxygens (including phenoxy) is 1. The molecular weight excluding hydrogens is 324 g/mol. The topological polar surface area (TPSA) is 26.3 Å². The van der Waals surface area contributed by atoms with Gasteiger partial charge in [0.1, 0.15) is 0 Å². The molecule has 0 bridgehead atoms. The number of carbonyl (C=O) groups is 1. The van der Waals surface area contributed by atoms with Crippen LogP contribution in [0.15, 0.2) is 9.85 Å². The van der Waals surface area contributed by atoms with Crippen molar-refractivity contribution in [2.75, 3.05) is 6.61 Å². The molecular formula is C15H22BrO2S. The van der Waals surface area contributed by atoms with Crippen molar-refractivity contribution in [2.24, 2.45) is 0 Å². The minimum absolute atomic E-state index is 0.170. The molecule has 1 aromatic heterocycles. The average Bonchev–Trinajstić information content (AvgIpc) is 2.77. The summed E-state index contributed by atoms with van der Waals surface area (Å²) in [4.78, 5) is 10.5. The van der Waals surface area contributed by atoms with E-state index in [4.69, 9.17) is 4.74 Å². The fourth-order valence-electron chi connectivity index (χ4n) is 1.96. The van der Waals surface area contributed by atoms with E-state index in [1.807, 2.05) is 0 Å². The van der Waals surface area contributed by atoms with E-state index in [1.54, 1.807) is 11.3 Å². The second kappa shape index (κ2) is 10.4. The van der Waals surface area contributed by atoms with E-state index in [0.717, 1.165) is 19.3 Å². The lowest BCUT2D eigenvalue weighted by atomic mass is 10.1. The van der Waals surface area contributed by atoms with Crippen LogP contribution in [0.25, 0.3) is 0 Å². The lowest BCUT2D eigenvalue weighted by molar-refractivity contribution is -0.141. The number of thiophene rings is 1. The Morgan fingerprint density at radius 1 is 1.21 bits per heavy atom. The highest BCUT2D eigenvalue weighted by molar-refractivity contribution is 9.11. The largest absolute Gasteiger partial charge is 0.466 e. The van der Waals surface area contributed by atoms with E-state index >= 15 is 0 Å². The fourth-order valence-corrected chi connectivity index (χ4v) is 3.15. The van der Waals surface area contributed by atoms with Crippen LogP contribution in [0.1, 0.15) is 57.4 Å². The predicted molar refractivity (Wildman–Crippen MR) is 83.5 cm³/mol. The van der Waals surface area contributed by atoms with Crippen molar-refractivity contribution in [3.8, 4) is 0 Å². The third-order valence-corrected chi connectivity index (χ3v) is 4.70. The van der Waals surface area contributed by atoms with Gasteiger partial charge in [-0.25, -0.2) is 0 Å². The molecule has 0 aliphatic heterocycles. The Hall–Kier alpha value is -0.350. The number of rotatable bonds is 10. The van der Waals surface area contributed by atoms with E-state index in [0.29, 0.717) is 6.61 Å². The van der Waals surface area contributed by atoms with E-state index in [2.05, 4.69) is 27.4 Å². The minimum Gasteiger partial charge on any atom is -0.466 e. The van der Waals surface area contributed by atoms with Crippen molar-refractivity contribution in [3.63, 3.8) is 0 Å². The van der Waals surface area contributed by atoms with Crippen molar-refractivity contribution < 1.29 is 9.53 Å². The normalized spacial score (nSPS) is 10.6. The van der Waals surface area contributed by atoms with Crippen LogP contribution < -0.4 is 0 Å². The quantitative estimate of drug-likeness (QED) is 0.433. The molecule has 0 spiro atoms. The summed E-state index contributed by atoms with van der Waals surface area (Å²) in [7, 11) is 0. The highest BCUT2D eigenvalue weighted by atomic mass is 79.9. The molecule has 0 amide bonds. The van der Waals surface area contributed by atoms with Gasteiger partial charge in [-0.1, -0.05) is 32.1 Å². The first kappa shape index (κ1) is 16.7. The van der Waals surface area contributed by atoms with Gasteiger partial charge in [-0.2, -0.15) is 0 Å². The van der Waals surface area contributed by atoms with Gasteiger partial charge in [-0.05, 0) is 46.8 Å². The van der Waals surface area contributed by atoms with Gasteiger partial charge < -0.3 is 4.74 Å². The highest BCUT2D eigenvalue weighted by Crippen LogP contribution is 2.24. The lowest BCUT2D eigenvalue weighted by Crippen LogP contribution is -2.00. The first-order valence-electron chi connectivity index (χ1n) is 6.98. The molecule has 0 aliphatic rings. The Balaban J connectivity index is 1.84. The molecule has 0 atom stereocenters. The van der Waals surface area contributed by atoms with Gasteiger partial charge in [-0.3, -0.25) is 4.79 Å². The van der Waals surface area contributed by atoms with E-state index in [1.165, 1.54) is 48.4 Å². The molecule has 0 aliphatic carbocycles. The molecule has 19 heavy (non-hydrogen) atoms. The smallest absolute Gasteiger partial charge is 0.302 e. The molecule has 107 valence electrons. The number of hydrogen-bond donors (Lipinski definition) is 0. The maximum absolute atomic E-state index is 10.5. The summed E-state index contributed by atoms with van der Waals surface area (Å²) >= 11 is 5.19. The van der Waals surface area contributed by atoms with Crippen LogP contribution in [0, 0.1) is 5.38 Å². The number of aryl methyl sites for hydroxylation is 1. The molecule has 0 saturated carbocycles. The van der Waals surface area contributed by atoms with Crippen LogP contribution >= 0.6 is 27.3 Å². The third-order valence-electron chi connectivity index (χ3n) is 3.03. The van der Waals surface area contributed by atoms with Gasteiger partial charge in [0.2, 0.25) is 0 Å². The monoisotopic (exact) mass is 345 g/mol. The van der Waals surface area contributed by atoms with Gasteiger partial charge in [-0.15, -0.1) is 11.3 Å². The maximum atomic E-state index is 10.5. The Bertz CT molecular complexity index is 363. The SMILES string of the molecule is CC(=O)OCCCCCCCCCc1c[c]sc1Br. The zero-order chi connectivity index (χ0) is 13.9. The van der Waals surface area contributed by atoms with Crippen LogP contribution in [-0.2, 0) is 16.0 Å². The maximum Gasteiger partial charge on any atom is 0.302 e. The average molecular weight is 346 g/mol. The molecule has 0 unspecified atom stereocenters. The first-order chi connectivity index (χ1) is 9.20. The number of carbonyl (C=O) groups excluding carboxylic acids is 1. The standard InChI is InChI=1S/C15H22BrO2S/c1-13(17)18-11-8-6-4-2-3-5-7-9-14-10-12-19-15(14)16/h10H,2-9,11H2,1H3. The Morgan fingerprint density at radius 3 is 2.42 bits per heavy atom. The Kier molecular flexibility index (Phi) is 9.18. The summed E-state index contributed by atoms with van der Waals surface area (Å²) in [6.07, 6.45) is 9.72. The molecule has 4 heteroatoms. The summed E-state index contributed by atoms with van der Waals surface area (Å²) in [5.41, 5.74) is 1.39. The van der Waals surface area contributed by atoms with Crippen molar-refractivity contribution in [3.05, 3.63) is 20.8 Å². The summed E-state index contributed by atoms with van der Waals surface area (Å²) in [6, 6.07) is 2.09. The van der Waals surface area contributed by atoms with Crippen molar-refractivity contribution in [2.45, 2.75) is 58.3 Å². The van der Waals surface area contributed by atoms with Gasteiger partial charge in [0.05, 0.1) is 10.4 Å². The van der Waals surface area contributed by atoms with Gasteiger partial charge in [0.25, 0.3) is 0 Å². The van der Waals surface area contributed by atoms with E-state index in [9.17, 15) is 4.79 Å². The van der Waals surface area contributed by atoms with Crippen LogP contribution in [0.2, 0.25) is 0 Å². The van der Waals surface area contributed by atoms with Gasteiger partial charge in [0.15, 0.2) is 0 Å². The molecule has 1 rings (SSSR count). The zero-order valence-electron chi connectivity index (χ0n) is 11.5. The van der Waals surface area contributed by atoms with Crippen LogP contribution in [0.5, 0.6) is 0 Å². The molecule has 0 aromatic carbocycles. The highest BCUT2D eigenvalue weighted by Gasteiger charge is 2.00. The molecule has 0 fully saturated rings. The number of esters is 1. The molecule has 1 radical (unpaired) electrons. The fraction of sp³-hybridized carbons (Fsp3) is 0.667. The molecule has 2 nitrogen and oxygen atoms in total. The first-order valence-corrected chi connectivity index (χ1v) is 8.58. The van der Waals surface area contributed by atoms with Gasteiger partial charge >= 0.3 is 5.97 Å². The summed E-state index contributed by atoms with van der Waals surface area (Å²) in [5, 5.41) is 3.15. The summed E-state index contributed by atoms with van der Waals surface area (Å²) in [6.45, 7) is 2.04. The van der Waals surface area contributed by atoms with Crippen LogP contribution in [0.3, 0.4) is 0 Å². The van der Waals surface area contributed by atoms with Crippen LogP contribution in [0.4, 0.5) is 0 Å². The van der Waals surface area contributed by atoms with Gasteiger partial charge in [0, 0.05) is 12.3 Å². The minimum atomic E-state index is -0.170. The van der Waals surface area contributed by atoms with Crippen molar-refractivity contribution in [1.82, 2.24) is 0 Å². The lowest BCUT2D eigenvalue weighted by Gasteiger charge is -2.03. The van der Waals surface area contributed by atoms with E-state index in [-0.39, 0.29) is 5.97 Å². The van der Waals surface area contributed by atoms with Crippen LogP contribution in [-0.4, -0.2) is 12.6 Å². The van der Waals surface area contributed by atoms with Crippen molar-refractivity contribution >= 4 is 33.2 Å².